The summed E-state index contributed by atoms with van der Waals surface area (Å²) >= 11 is 0. The molecule has 0 heterocycles. The van der Waals surface area contributed by atoms with Crippen molar-refractivity contribution in [3.05, 3.63) is 60.7 Å². The first-order chi connectivity index (χ1) is 6.45. The summed E-state index contributed by atoms with van der Waals surface area (Å²) in [4.78, 5) is 0. The van der Waals surface area contributed by atoms with E-state index in [1.807, 2.05) is 54.6 Å². The van der Waals surface area contributed by atoms with Crippen molar-refractivity contribution in [1.29, 1.82) is 0 Å². The van der Waals surface area contributed by atoms with Gasteiger partial charge >= 0.3 is 23.1 Å². The van der Waals surface area contributed by atoms with Crippen molar-refractivity contribution in [3.63, 3.8) is 0 Å². The van der Waals surface area contributed by atoms with Crippen LogP contribution in [0.3, 0.4) is 0 Å². The number of halogens is 1. The van der Waals surface area contributed by atoms with Gasteiger partial charge in [-0.1, -0.05) is 18.2 Å². The molecule has 0 aromatic heterocycles. The fraction of sp³-hybridized carbons (Fsp3) is 0. The molecule has 0 amide bonds. The van der Waals surface area contributed by atoms with E-state index in [-0.39, 0.29) is 35.5 Å². The Morgan fingerprint density at radius 1 is 0.800 bits per heavy atom. The van der Waals surface area contributed by atoms with Crippen molar-refractivity contribution in [2.45, 2.75) is 0 Å². The summed E-state index contributed by atoms with van der Waals surface area (Å²) in [5, 5.41) is 0. The zero-order valence-electron chi connectivity index (χ0n) is 8.19. The minimum atomic E-state index is 0. The molecule has 0 aliphatic carbocycles. The Morgan fingerprint density at radius 3 is 1.93 bits per heavy atom. The van der Waals surface area contributed by atoms with Crippen LogP contribution < -0.4 is 17.1 Å². The Morgan fingerprint density at radius 2 is 1.33 bits per heavy atom. The van der Waals surface area contributed by atoms with Gasteiger partial charge in [0.2, 0.25) is 0 Å². The average Bonchev–Trinajstić information content (AvgIpc) is 2.21. The van der Waals surface area contributed by atoms with Crippen LogP contribution >= 0.6 is 0 Å². The van der Waals surface area contributed by atoms with Crippen LogP contribution in [0.5, 0.6) is 11.5 Å². The van der Waals surface area contributed by atoms with Crippen molar-refractivity contribution in [3.8, 4) is 11.5 Å². The minimum Gasteiger partial charge on any atom is -1.00 e. The fourth-order valence-electron chi connectivity index (χ4n) is 1.06. The molecule has 0 saturated carbocycles. The van der Waals surface area contributed by atoms with Gasteiger partial charge in [-0.05, 0) is 12.1 Å². The van der Waals surface area contributed by atoms with Gasteiger partial charge in [0.05, 0.1) is 0 Å². The van der Waals surface area contributed by atoms with Crippen LogP contribution in [-0.4, -0.2) is 23.1 Å². The summed E-state index contributed by atoms with van der Waals surface area (Å²) in [6.45, 7) is 0. The molecular weight excluding hydrogens is 220 g/mol. The van der Waals surface area contributed by atoms with E-state index >= 15 is 0 Å². The third-order valence-corrected chi connectivity index (χ3v) is 1.67. The molecule has 15 heavy (non-hydrogen) atoms. The van der Waals surface area contributed by atoms with Gasteiger partial charge in [-0.2, -0.15) is 18.2 Å². The van der Waals surface area contributed by atoms with Gasteiger partial charge in [0.1, 0.15) is 5.75 Å². The summed E-state index contributed by atoms with van der Waals surface area (Å²) in [5.41, 5.74) is 0. The van der Waals surface area contributed by atoms with E-state index in [1.54, 1.807) is 0 Å². The number of rotatable bonds is 2. The van der Waals surface area contributed by atoms with Gasteiger partial charge < -0.3 is 17.1 Å². The van der Waals surface area contributed by atoms with Crippen LogP contribution in [0.25, 0.3) is 0 Å². The molecule has 3 heteroatoms. The first kappa shape index (κ1) is 14.3. The molecule has 0 aliphatic heterocycles. The molecule has 0 radical (unpaired) electrons. The molecular formula is C12H9ClMgO. The average molecular weight is 229 g/mol. The second kappa shape index (κ2) is 7.57. The van der Waals surface area contributed by atoms with Crippen molar-refractivity contribution in [2.75, 3.05) is 0 Å². The molecule has 2 aromatic carbocycles. The standard InChI is InChI=1S/C12H9O.ClH.Mg/c1-3-7-11(8-4-1)13-12-9-5-2-6-10-12;;/h1,3-10H;1H;/q-1;;+2/p-1. The maximum absolute atomic E-state index is 5.56. The molecule has 0 N–H and O–H groups in total. The quantitative estimate of drug-likeness (QED) is 0.516. The molecule has 0 saturated heterocycles. The molecule has 0 unspecified atom stereocenters. The van der Waals surface area contributed by atoms with Gasteiger partial charge in [0.15, 0.2) is 0 Å². The van der Waals surface area contributed by atoms with E-state index in [9.17, 15) is 0 Å². The summed E-state index contributed by atoms with van der Waals surface area (Å²) in [6, 6.07) is 20.1. The molecule has 0 bridgehead atoms. The van der Waals surface area contributed by atoms with Crippen molar-refractivity contribution in [1.82, 2.24) is 0 Å². The Bertz CT molecular complexity index is 326. The molecule has 0 atom stereocenters. The van der Waals surface area contributed by atoms with E-state index in [0.717, 1.165) is 11.5 Å². The van der Waals surface area contributed by atoms with Crippen LogP contribution in [-0.2, 0) is 0 Å². The Kier molecular flexibility index (Phi) is 7.21. The van der Waals surface area contributed by atoms with Gasteiger partial charge in [-0.25, -0.2) is 0 Å². The number of hydrogen-bond donors (Lipinski definition) is 0. The molecule has 0 spiro atoms. The first-order valence-corrected chi connectivity index (χ1v) is 4.14. The van der Waals surface area contributed by atoms with Crippen LogP contribution in [0, 0.1) is 6.07 Å². The van der Waals surface area contributed by atoms with E-state index < -0.39 is 0 Å². The predicted molar refractivity (Wildman–Crippen MR) is 57.5 cm³/mol. The zero-order chi connectivity index (χ0) is 8.93. The normalized spacial score (nSPS) is 8.27. The predicted octanol–water partition coefficient (Wildman–Crippen LogP) is -0.0977. The van der Waals surface area contributed by atoms with Crippen molar-refractivity contribution >= 4 is 23.1 Å². The van der Waals surface area contributed by atoms with Crippen LogP contribution in [0.4, 0.5) is 0 Å². The monoisotopic (exact) mass is 228 g/mol. The summed E-state index contributed by atoms with van der Waals surface area (Å²) < 4.78 is 5.56. The van der Waals surface area contributed by atoms with Gasteiger partial charge in [0, 0.05) is 5.75 Å². The van der Waals surface area contributed by atoms with Gasteiger partial charge in [0.25, 0.3) is 0 Å². The van der Waals surface area contributed by atoms with Gasteiger partial charge in [-0.15, -0.1) is 12.1 Å². The topological polar surface area (TPSA) is 9.23 Å². The summed E-state index contributed by atoms with van der Waals surface area (Å²) in [6.07, 6.45) is 0. The zero-order valence-corrected chi connectivity index (χ0v) is 10.4. The second-order valence-electron chi connectivity index (χ2n) is 2.65. The third kappa shape index (κ3) is 4.56. The maximum Gasteiger partial charge on any atom is 2.00 e. The molecule has 72 valence electrons. The van der Waals surface area contributed by atoms with Crippen LogP contribution in [0.15, 0.2) is 54.6 Å². The second-order valence-corrected chi connectivity index (χ2v) is 2.65. The van der Waals surface area contributed by atoms with E-state index in [1.165, 1.54) is 0 Å². The Hall–Kier alpha value is -0.704. The van der Waals surface area contributed by atoms with Crippen LogP contribution in [0.2, 0.25) is 0 Å². The molecule has 2 rings (SSSR count). The number of para-hydroxylation sites is 1. The summed E-state index contributed by atoms with van der Waals surface area (Å²) in [7, 11) is 0. The Labute approximate surface area is 112 Å². The number of ether oxygens (including phenoxy) is 1. The van der Waals surface area contributed by atoms with Gasteiger partial charge in [-0.3, -0.25) is 0 Å². The van der Waals surface area contributed by atoms with E-state index in [0.29, 0.717) is 0 Å². The van der Waals surface area contributed by atoms with Crippen molar-refractivity contribution < 1.29 is 17.1 Å². The van der Waals surface area contributed by atoms with Crippen molar-refractivity contribution in [2.24, 2.45) is 0 Å². The van der Waals surface area contributed by atoms with E-state index in [2.05, 4.69) is 6.07 Å². The minimum absolute atomic E-state index is 0. The maximum atomic E-state index is 5.56. The third-order valence-electron chi connectivity index (χ3n) is 1.67. The SMILES string of the molecule is [Cl-].[Mg+2].[c-]1ccc(Oc2ccccc2)cc1. The largest absolute Gasteiger partial charge is 2.00 e. The fourth-order valence-corrected chi connectivity index (χ4v) is 1.06. The number of benzene rings is 2. The molecule has 2 aromatic rings. The molecule has 1 nitrogen and oxygen atoms in total. The molecule has 0 fully saturated rings. The Balaban J connectivity index is 0.000000980. The first-order valence-electron chi connectivity index (χ1n) is 4.14. The van der Waals surface area contributed by atoms with E-state index in [4.69, 9.17) is 4.74 Å². The van der Waals surface area contributed by atoms with Crippen LogP contribution in [0.1, 0.15) is 0 Å². The number of hydrogen-bond acceptors (Lipinski definition) is 1. The summed E-state index contributed by atoms with van der Waals surface area (Å²) in [5.74, 6) is 1.69. The smallest absolute Gasteiger partial charge is 1.00 e. The molecule has 0 aliphatic rings.